The van der Waals surface area contributed by atoms with Crippen LogP contribution in [0.3, 0.4) is 0 Å². The molecule has 3 aliphatic carbocycles. The van der Waals surface area contributed by atoms with Crippen LogP contribution >= 0.6 is 0 Å². The van der Waals surface area contributed by atoms with Gasteiger partial charge in [-0.1, -0.05) is 47.1 Å². The lowest BCUT2D eigenvalue weighted by molar-refractivity contribution is -0.141. The van der Waals surface area contributed by atoms with Crippen molar-refractivity contribution in [3.63, 3.8) is 0 Å². The molecule has 4 atom stereocenters. The van der Waals surface area contributed by atoms with Crippen LogP contribution in [0.2, 0.25) is 0 Å². The molecule has 4 rings (SSSR count). The van der Waals surface area contributed by atoms with Crippen molar-refractivity contribution >= 4 is 35.3 Å². The third-order valence-corrected chi connectivity index (χ3v) is 9.47. The van der Waals surface area contributed by atoms with E-state index in [0.717, 1.165) is 50.5 Å². The van der Waals surface area contributed by atoms with Crippen LogP contribution in [0.15, 0.2) is 30.2 Å². The van der Waals surface area contributed by atoms with Gasteiger partial charge in [0.1, 0.15) is 17.8 Å². The average Bonchev–Trinajstić information content (AvgIpc) is 4.03. The molecule has 2 unspecified atom stereocenters. The molecular formula is C36H53N7O6. The summed E-state index contributed by atoms with van der Waals surface area (Å²) in [5.41, 5.74) is 0.152. The number of hydrogen-bond acceptors (Lipinski definition) is 8. The third kappa shape index (κ3) is 11.2. The van der Waals surface area contributed by atoms with Crippen molar-refractivity contribution in [2.24, 2.45) is 17.3 Å². The second-order valence-corrected chi connectivity index (χ2v) is 14.8. The van der Waals surface area contributed by atoms with Crippen molar-refractivity contribution < 1.29 is 28.8 Å². The summed E-state index contributed by atoms with van der Waals surface area (Å²) in [4.78, 5) is 89.8. The predicted molar refractivity (Wildman–Crippen MR) is 183 cm³/mol. The Morgan fingerprint density at radius 3 is 2.29 bits per heavy atom. The number of nitrogens with one attached hydrogen (secondary N) is 4. The van der Waals surface area contributed by atoms with Crippen LogP contribution in [0.4, 0.5) is 0 Å². The van der Waals surface area contributed by atoms with Crippen LogP contribution in [-0.4, -0.2) is 87.4 Å². The molecule has 0 aliphatic heterocycles. The first-order chi connectivity index (χ1) is 23.3. The summed E-state index contributed by atoms with van der Waals surface area (Å²) >= 11 is 0. The van der Waals surface area contributed by atoms with Crippen molar-refractivity contribution in [1.82, 2.24) is 36.1 Å². The molecule has 4 N–H and O–H groups in total. The van der Waals surface area contributed by atoms with Crippen molar-refractivity contribution in [1.29, 1.82) is 0 Å². The number of aromatic nitrogens is 2. The summed E-state index contributed by atoms with van der Waals surface area (Å²) in [5.74, 6) is -3.10. The highest BCUT2D eigenvalue weighted by Crippen LogP contribution is 2.31. The van der Waals surface area contributed by atoms with Crippen LogP contribution in [0.1, 0.15) is 109 Å². The van der Waals surface area contributed by atoms with Crippen LogP contribution in [0.25, 0.3) is 0 Å². The summed E-state index contributed by atoms with van der Waals surface area (Å²) in [6, 6.07) is -2.90. The van der Waals surface area contributed by atoms with Gasteiger partial charge in [-0.2, -0.15) is 0 Å². The molecule has 0 aromatic carbocycles. The van der Waals surface area contributed by atoms with Crippen molar-refractivity contribution in [3.8, 4) is 0 Å². The van der Waals surface area contributed by atoms with E-state index in [9.17, 15) is 28.8 Å². The predicted octanol–water partition coefficient (Wildman–Crippen LogP) is 2.61. The van der Waals surface area contributed by atoms with Gasteiger partial charge in [0.25, 0.3) is 11.8 Å². The normalized spacial score (nSPS) is 18.5. The van der Waals surface area contributed by atoms with Gasteiger partial charge in [0.2, 0.25) is 23.5 Å². The van der Waals surface area contributed by atoms with E-state index >= 15 is 0 Å². The number of Topliss-reactive ketones (excluding diaryl/α,β-unsaturated/α-hetero) is 1. The first-order valence-electron chi connectivity index (χ1n) is 17.8. The molecule has 0 bridgehead atoms. The molecule has 5 amide bonds. The van der Waals surface area contributed by atoms with Gasteiger partial charge in [0, 0.05) is 37.9 Å². The van der Waals surface area contributed by atoms with Gasteiger partial charge >= 0.3 is 0 Å². The first kappa shape index (κ1) is 37.7. The molecule has 0 spiro atoms. The van der Waals surface area contributed by atoms with E-state index in [2.05, 4.69) is 31.2 Å². The summed E-state index contributed by atoms with van der Waals surface area (Å²) in [6.07, 6.45) is 13.6. The van der Waals surface area contributed by atoms with E-state index in [1.165, 1.54) is 18.6 Å². The number of carbonyl (C=O) groups is 6. The zero-order valence-electron chi connectivity index (χ0n) is 29.5. The molecule has 1 aromatic rings. The Labute approximate surface area is 289 Å². The van der Waals surface area contributed by atoms with E-state index in [0.29, 0.717) is 25.3 Å². The molecular weight excluding hydrogens is 626 g/mol. The minimum atomic E-state index is -0.998. The Balaban J connectivity index is 1.47. The lowest BCUT2D eigenvalue weighted by atomic mass is 9.85. The number of ketones is 1. The third-order valence-electron chi connectivity index (χ3n) is 9.47. The number of carbonyl (C=O) groups excluding carboxylic acids is 6. The quantitative estimate of drug-likeness (QED) is 0.143. The second-order valence-electron chi connectivity index (χ2n) is 14.8. The molecule has 13 heteroatoms. The molecule has 1 heterocycles. The van der Waals surface area contributed by atoms with Crippen LogP contribution in [0, 0.1) is 17.3 Å². The van der Waals surface area contributed by atoms with Crippen LogP contribution < -0.4 is 21.3 Å². The van der Waals surface area contributed by atoms with Gasteiger partial charge in [-0.15, -0.1) is 0 Å². The van der Waals surface area contributed by atoms with Crippen LogP contribution in [0.5, 0.6) is 0 Å². The summed E-state index contributed by atoms with van der Waals surface area (Å²) in [7, 11) is 0. The molecule has 0 radical (unpaired) electrons. The number of allylic oxidation sites excluding steroid dienone is 1. The average molecular weight is 680 g/mol. The Bertz CT molecular complexity index is 1400. The Kier molecular flexibility index (Phi) is 13.0. The van der Waals surface area contributed by atoms with Crippen molar-refractivity contribution in [2.45, 2.75) is 123 Å². The van der Waals surface area contributed by atoms with Gasteiger partial charge in [-0.3, -0.25) is 33.8 Å². The molecule has 2 fully saturated rings. The lowest BCUT2D eigenvalue weighted by Gasteiger charge is -2.36. The maximum absolute atomic E-state index is 14.3. The van der Waals surface area contributed by atoms with Crippen molar-refractivity contribution in [2.75, 3.05) is 13.1 Å². The van der Waals surface area contributed by atoms with E-state index in [4.69, 9.17) is 0 Å². The van der Waals surface area contributed by atoms with Gasteiger partial charge in [-0.05, 0) is 74.2 Å². The maximum Gasteiger partial charge on any atom is 0.289 e. The smallest absolute Gasteiger partial charge is 0.289 e. The number of amides is 5. The summed E-state index contributed by atoms with van der Waals surface area (Å²) in [5, 5.41) is 11.3. The standard InChI is InChI=1S/C36H53N7O6/c1-6-22(2)28(30(45)34(48)39-25-14-15-25)40-27(44)16-19-43(21-23-12-13-23)35(49)31(36(3,4)5)42-33(47)29(24-10-8-7-9-11-24)41-32(46)26-20-37-17-18-38-26/h10,17-18,20,22-23,25,28-29,31H,6-9,11-16,19,21H2,1-5H3,(H,39,48)(H,40,44)(H,41,46)(H,42,47)/t22?,28-,29-,31?/m0/s1. The minimum absolute atomic E-state index is 0.0205. The van der Waals surface area contributed by atoms with Gasteiger partial charge in [0.15, 0.2) is 0 Å². The Morgan fingerprint density at radius 1 is 0.980 bits per heavy atom. The second kappa shape index (κ2) is 17.0. The minimum Gasteiger partial charge on any atom is -0.347 e. The van der Waals surface area contributed by atoms with E-state index < -0.39 is 53.0 Å². The topological polar surface area (TPSA) is 180 Å². The molecule has 13 nitrogen and oxygen atoms in total. The monoisotopic (exact) mass is 679 g/mol. The fraction of sp³-hybridized carbons (Fsp3) is 0.667. The Morgan fingerprint density at radius 2 is 1.71 bits per heavy atom. The van der Waals surface area contributed by atoms with Gasteiger partial charge < -0.3 is 26.2 Å². The van der Waals surface area contributed by atoms with E-state index in [1.54, 1.807) is 4.90 Å². The molecule has 268 valence electrons. The summed E-state index contributed by atoms with van der Waals surface area (Å²) in [6.45, 7) is 9.81. The molecule has 2 saturated carbocycles. The van der Waals surface area contributed by atoms with Crippen LogP contribution in [-0.2, 0) is 24.0 Å². The lowest BCUT2D eigenvalue weighted by Crippen LogP contribution is -2.59. The summed E-state index contributed by atoms with van der Waals surface area (Å²) < 4.78 is 0. The van der Waals surface area contributed by atoms with Crippen molar-refractivity contribution in [3.05, 3.63) is 35.9 Å². The number of hydrogen-bond donors (Lipinski definition) is 4. The molecule has 3 aliphatic rings. The van der Waals surface area contributed by atoms with E-state index in [1.807, 2.05) is 40.7 Å². The van der Waals surface area contributed by atoms with E-state index in [-0.39, 0.29) is 36.5 Å². The van der Waals surface area contributed by atoms with Gasteiger partial charge in [0.05, 0.1) is 12.2 Å². The number of nitrogens with zero attached hydrogens (tertiary/aromatic N) is 3. The molecule has 1 aromatic heterocycles. The largest absolute Gasteiger partial charge is 0.347 e. The highest BCUT2D eigenvalue weighted by atomic mass is 16.2. The van der Waals surface area contributed by atoms with Gasteiger partial charge in [-0.25, -0.2) is 4.98 Å². The molecule has 0 saturated heterocycles. The zero-order chi connectivity index (χ0) is 35.7. The fourth-order valence-electron chi connectivity index (χ4n) is 5.84. The number of rotatable bonds is 17. The Hall–Kier alpha value is -4.16. The fourth-order valence-corrected chi connectivity index (χ4v) is 5.84. The highest BCUT2D eigenvalue weighted by molar-refractivity contribution is 6.38. The maximum atomic E-state index is 14.3. The zero-order valence-corrected chi connectivity index (χ0v) is 29.5. The highest BCUT2D eigenvalue weighted by Gasteiger charge is 2.40. The first-order valence-corrected chi connectivity index (χ1v) is 17.8. The SMILES string of the molecule is CCC(C)[C@H](NC(=O)CCN(CC1CC1)C(=O)C(NC(=O)[C@@H](NC(=O)c1cnccn1)C1=CCCCC1)C(C)(C)C)C(=O)C(=O)NC1CC1. The molecule has 49 heavy (non-hydrogen) atoms.